The minimum atomic E-state index is -0.248. The van der Waals surface area contributed by atoms with Crippen LogP contribution in [0.15, 0.2) is 11.4 Å². The Balaban J connectivity index is 1.73. The maximum absolute atomic E-state index is 12.3. The minimum absolute atomic E-state index is 0.169. The van der Waals surface area contributed by atoms with Crippen molar-refractivity contribution in [3.05, 3.63) is 21.9 Å². The van der Waals surface area contributed by atoms with Crippen molar-refractivity contribution in [2.75, 3.05) is 19.7 Å². The summed E-state index contributed by atoms with van der Waals surface area (Å²) >= 11 is 1.53. The second-order valence-corrected chi connectivity index (χ2v) is 5.83. The average Bonchev–Trinajstić information content (AvgIpc) is 2.95. The molecular weight excluding hydrogens is 234 g/mol. The van der Waals surface area contributed by atoms with E-state index < -0.39 is 0 Å². The molecule has 0 aromatic carbocycles. The number of Topliss-reactive ketones (excluding diaryl/α,β-unsaturated/α-hetero) is 1. The average molecular weight is 251 g/mol. The molecule has 4 heteroatoms. The number of nitrogens with zero attached hydrogens (tertiary/aromatic N) is 1. The number of carbonyl (C=O) groups is 1. The number of thiophene rings is 1. The fraction of sp³-hybridized carbons (Fsp3) is 0.615. The number of fused-ring (bicyclic) bond motifs is 1. The Morgan fingerprint density at radius 2 is 2.47 bits per heavy atom. The van der Waals surface area contributed by atoms with Gasteiger partial charge in [0.05, 0.1) is 11.5 Å². The molecule has 2 aliphatic rings. The molecule has 92 valence electrons. The van der Waals surface area contributed by atoms with Crippen molar-refractivity contribution in [1.82, 2.24) is 4.90 Å². The van der Waals surface area contributed by atoms with Crippen molar-refractivity contribution >= 4 is 17.1 Å². The summed E-state index contributed by atoms with van der Waals surface area (Å²) in [7, 11) is 0. The van der Waals surface area contributed by atoms with Crippen LogP contribution in [0.2, 0.25) is 0 Å². The topological polar surface area (TPSA) is 29.5 Å². The number of hydrogen-bond acceptors (Lipinski definition) is 4. The highest BCUT2D eigenvalue weighted by Crippen LogP contribution is 2.26. The normalized spacial score (nSPS) is 29.2. The van der Waals surface area contributed by atoms with Gasteiger partial charge < -0.3 is 4.74 Å². The summed E-state index contributed by atoms with van der Waals surface area (Å²) < 4.78 is 5.75. The predicted octanol–water partition coefficient (Wildman–Crippen LogP) is 2.10. The molecule has 0 amide bonds. The van der Waals surface area contributed by atoms with Crippen LogP contribution in [-0.2, 0) is 4.74 Å². The number of ether oxygens (including phenoxy) is 1. The molecule has 1 aromatic rings. The third-order valence-corrected chi connectivity index (χ3v) is 4.80. The van der Waals surface area contributed by atoms with Gasteiger partial charge in [0.25, 0.3) is 0 Å². The molecule has 2 atom stereocenters. The van der Waals surface area contributed by atoms with E-state index in [2.05, 4.69) is 4.90 Å². The largest absolute Gasteiger partial charge is 0.367 e. The molecular formula is C13H17NO2S. The number of ketones is 1. The molecule has 0 bridgehead atoms. The lowest BCUT2D eigenvalue weighted by Gasteiger charge is -2.34. The fourth-order valence-electron chi connectivity index (χ4n) is 2.75. The Morgan fingerprint density at radius 3 is 3.24 bits per heavy atom. The van der Waals surface area contributed by atoms with E-state index in [4.69, 9.17) is 4.74 Å². The number of morpholine rings is 1. The van der Waals surface area contributed by atoms with Crippen LogP contribution in [0, 0.1) is 6.92 Å². The van der Waals surface area contributed by atoms with Gasteiger partial charge in [0.1, 0.15) is 6.10 Å². The first-order chi connectivity index (χ1) is 8.25. The van der Waals surface area contributed by atoms with E-state index in [0.717, 1.165) is 30.1 Å². The predicted molar refractivity (Wildman–Crippen MR) is 67.7 cm³/mol. The van der Waals surface area contributed by atoms with Crippen LogP contribution in [0.3, 0.4) is 0 Å². The number of carbonyl (C=O) groups excluding carboxylic acids is 1. The van der Waals surface area contributed by atoms with Crippen molar-refractivity contribution in [1.29, 1.82) is 0 Å². The van der Waals surface area contributed by atoms with Gasteiger partial charge in [-0.2, -0.15) is 0 Å². The van der Waals surface area contributed by atoms with Crippen molar-refractivity contribution in [3.63, 3.8) is 0 Å². The molecule has 1 aromatic heterocycles. The van der Waals surface area contributed by atoms with E-state index in [-0.39, 0.29) is 11.9 Å². The molecule has 0 saturated carbocycles. The van der Waals surface area contributed by atoms with E-state index in [0.29, 0.717) is 6.04 Å². The van der Waals surface area contributed by atoms with Crippen molar-refractivity contribution in [3.8, 4) is 0 Å². The summed E-state index contributed by atoms with van der Waals surface area (Å²) in [5.74, 6) is 0.169. The lowest BCUT2D eigenvalue weighted by molar-refractivity contribution is -0.0343. The third kappa shape index (κ3) is 2.05. The van der Waals surface area contributed by atoms with Crippen molar-refractivity contribution < 1.29 is 9.53 Å². The summed E-state index contributed by atoms with van der Waals surface area (Å²) in [4.78, 5) is 15.6. The number of rotatable bonds is 2. The molecule has 2 saturated heterocycles. The summed E-state index contributed by atoms with van der Waals surface area (Å²) in [6, 6.07) is 2.56. The Morgan fingerprint density at radius 1 is 1.59 bits per heavy atom. The van der Waals surface area contributed by atoms with Crippen LogP contribution in [0.1, 0.15) is 28.1 Å². The first kappa shape index (κ1) is 11.4. The van der Waals surface area contributed by atoms with Crippen molar-refractivity contribution in [2.45, 2.75) is 31.9 Å². The maximum atomic E-state index is 12.3. The van der Waals surface area contributed by atoms with Gasteiger partial charge in [-0.05, 0) is 43.3 Å². The highest BCUT2D eigenvalue weighted by Gasteiger charge is 2.36. The first-order valence-corrected chi connectivity index (χ1v) is 7.07. The summed E-state index contributed by atoms with van der Waals surface area (Å²) in [6.45, 7) is 4.62. The SMILES string of the molecule is Cc1ccsc1C(=O)C1CN2CCCC2CO1. The molecule has 17 heavy (non-hydrogen) atoms. The highest BCUT2D eigenvalue weighted by molar-refractivity contribution is 7.12. The standard InChI is InChI=1S/C13H17NO2S/c1-9-4-6-17-13(9)12(15)11-7-14-5-2-3-10(14)8-16-11/h4,6,10-11H,2-3,5,7-8H2,1H3. The lowest BCUT2D eigenvalue weighted by Crippen LogP contribution is -2.49. The van der Waals surface area contributed by atoms with Gasteiger partial charge in [-0.25, -0.2) is 0 Å². The number of hydrogen-bond donors (Lipinski definition) is 0. The first-order valence-electron chi connectivity index (χ1n) is 6.19. The molecule has 2 unspecified atom stereocenters. The van der Waals surface area contributed by atoms with E-state index >= 15 is 0 Å². The van der Waals surface area contributed by atoms with Gasteiger partial charge in [-0.3, -0.25) is 9.69 Å². The lowest BCUT2D eigenvalue weighted by atomic mass is 10.1. The van der Waals surface area contributed by atoms with Crippen LogP contribution in [-0.4, -0.2) is 42.5 Å². The highest BCUT2D eigenvalue weighted by atomic mass is 32.1. The second-order valence-electron chi connectivity index (χ2n) is 4.91. The smallest absolute Gasteiger partial charge is 0.203 e. The van der Waals surface area contributed by atoms with Gasteiger partial charge in [-0.1, -0.05) is 0 Å². The molecule has 0 radical (unpaired) electrons. The fourth-order valence-corrected chi connectivity index (χ4v) is 3.66. The number of aryl methyl sites for hydroxylation is 1. The quantitative estimate of drug-likeness (QED) is 0.754. The second kappa shape index (κ2) is 4.52. The Kier molecular flexibility index (Phi) is 3.03. The maximum Gasteiger partial charge on any atom is 0.203 e. The van der Waals surface area contributed by atoms with Gasteiger partial charge in [0.2, 0.25) is 5.78 Å². The van der Waals surface area contributed by atoms with Gasteiger partial charge >= 0.3 is 0 Å². The molecule has 0 N–H and O–H groups in total. The monoisotopic (exact) mass is 251 g/mol. The molecule has 3 nitrogen and oxygen atoms in total. The molecule has 0 spiro atoms. The minimum Gasteiger partial charge on any atom is -0.367 e. The van der Waals surface area contributed by atoms with Crippen molar-refractivity contribution in [2.24, 2.45) is 0 Å². The summed E-state index contributed by atoms with van der Waals surface area (Å²) in [6.07, 6.45) is 2.22. The zero-order chi connectivity index (χ0) is 11.8. The Hall–Kier alpha value is -0.710. The van der Waals surface area contributed by atoms with Crippen LogP contribution in [0.25, 0.3) is 0 Å². The van der Waals surface area contributed by atoms with E-state index in [1.807, 2.05) is 18.4 Å². The third-order valence-electron chi connectivity index (χ3n) is 3.77. The van der Waals surface area contributed by atoms with Gasteiger partial charge in [0, 0.05) is 12.6 Å². The van der Waals surface area contributed by atoms with E-state index in [9.17, 15) is 4.79 Å². The molecule has 3 heterocycles. The van der Waals surface area contributed by atoms with Gasteiger partial charge in [-0.15, -0.1) is 11.3 Å². The van der Waals surface area contributed by atoms with Gasteiger partial charge in [0.15, 0.2) is 0 Å². The summed E-state index contributed by atoms with van der Waals surface area (Å²) in [5.41, 5.74) is 1.08. The Labute approximate surface area is 105 Å². The zero-order valence-electron chi connectivity index (χ0n) is 10.0. The Bertz CT molecular complexity index is 429. The van der Waals surface area contributed by atoms with Crippen LogP contribution in [0.4, 0.5) is 0 Å². The summed E-state index contributed by atoms with van der Waals surface area (Å²) in [5, 5.41) is 1.98. The van der Waals surface area contributed by atoms with Crippen LogP contribution < -0.4 is 0 Å². The molecule has 0 aliphatic carbocycles. The zero-order valence-corrected chi connectivity index (χ0v) is 10.8. The molecule has 2 fully saturated rings. The van der Waals surface area contributed by atoms with Crippen LogP contribution >= 0.6 is 11.3 Å². The molecule has 2 aliphatic heterocycles. The van der Waals surface area contributed by atoms with E-state index in [1.54, 1.807) is 0 Å². The van der Waals surface area contributed by atoms with E-state index in [1.165, 1.54) is 24.2 Å². The van der Waals surface area contributed by atoms with Crippen LogP contribution in [0.5, 0.6) is 0 Å². The molecule has 3 rings (SSSR count).